The van der Waals surface area contributed by atoms with Gasteiger partial charge < -0.3 is 37.2 Å². The molecule has 3 nitrogen and oxygen atoms in total. The van der Waals surface area contributed by atoms with Gasteiger partial charge in [-0.25, -0.2) is 4.98 Å². The third-order valence-electron chi connectivity index (χ3n) is 4.75. The number of pyridine rings is 1. The molecule has 0 aliphatic carbocycles. The molecule has 0 fully saturated rings. The van der Waals surface area contributed by atoms with Crippen molar-refractivity contribution in [3.8, 4) is 0 Å². The summed E-state index contributed by atoms with van der Waals surface area (Å²) >= 11 is 6.32. The molecule has 0 N–H and O–H groups in total. The summed E-state index contributed by atoms with van der Waals surface area (Å²) in [5, 5.41) is 0.609. The van der Waals surface area contributed by atoms with Crippen molar-refractivity contribution in [2.75, 3.05) is 0 Å². The molecule has 173 valence electrons. The second-order valence-electron chi connectivity index (χ2n) is 7.65. The molecule has 0 atom stereocenters. The maximum absolute atomic E-state index is 6.32. The molecule has 8 heteroatoms. The molecule has 0 unspecified atom stereocenters. The summed E-state index contributed by atoms with van der Waals surface area (Å²) in [7, 11) is 0. The minimum atomic E-state index is 0. The minimum Gasteiger partial charge on any atom is -1.00 e. The van der Waals surface area contributed by atoms with Gasteiger partial charge in [0, 0.05) is 5.02 Å². The van der Waals surface area contributed by atoms with Gasteiger partial charge in [-0.05, 0) is 75.9 Å². The zero-order valence-corrected chi connectivity index (χ0v) is 25.7. The van der Waals surface area contributed by atoms with Crippen molar-refractivity contribution in [1.82, 2.24) is 4.98 Å². The van der Waals surface area contributed by atoms with E-state index in [1.54, 1.807) is 12.4 Å². The van der Waals surface area contributed by atoms with Crippen LogP contribution in [0.1, 0.15) is 44.8 Å². The summed E-state index contributed by atoms with van der Waals surface area (Å²) in [6.07, 6.45) is 3.52. The van der Waals surface area contributed by atoms with Crippen molar-refractivity contribution in [3.05, 3.63) is 86.2 Å². The quantitative estimate of drug-likeness (QED) is 0.304. The van der Waals surface area contributed by atoms with Gasteiger partial charge in [-0.2, -0.15) is 0 Å². The van der Waals surface area contributed by atoms with Crippen molar-refractivity contribution in [2.45, 2.75) is 41.5 Å². The molecular weight excluding hydrogens is 628 g/mol. The van der Waals surface area contributed by atoms with E-state index in [0.29, 0.717) is 16.4 Å². The van der Waals surface area contributed by atoms with Crippen LogP contribution in [-0.4, -0.2) is 17.4 Å². The maximum Gasteiger partial charge on any atom is 3.00 e. The molecular formula is C25H26Cl4N3Nd. The first-order chi connectivity index (χ1) is 13.7. The Hall–Kier alpha value is -0.559. The van der Waals surface area contributed by atoms with E-state index >= 15 is 0 Å². The fraction of sp³-hybridized carbons (Fsp3) is 0.240. The fourth-order valence-electron chi connectivity index (χ4n) is 3.68. The minimum absolute atomic E-state index is 0. The first kappa shape index (κ1) is 34.6. The Morgan fingerprint density at radius 1 is 0.606 bits per heavy atom. The summed E-state index contributed by atoms with van der Waals surface area (Å²) in [5.74, 6) is 0. The summed E-state index contributed by atoms with van der Waals surface area (Å²) < 4.78 is 0. The molecule has 0 spiro atoms. The number of benzene rings is 2. The van der Waals surface area contributed by atoms with Gasteiger partial charge in [-0.15, -0.1) is 0 Å². The van der Waals surface area contributed by atoms with E-state index < -0.39 is 0 Å². The molecule has 3 rings (SSSR count). The standard InChI is InChI=1S/C25H26ClN3.3ClH.Nd/c1-15-7-17(3)24(18(4)8-15)27-13-22-11-21(26)12-23(29-22)14-28-25-19(5)9-16(2)10-20(25)6;;;;/h7-14H,1-6H3;3*1H;/q;;;;+3/p-3. The largest absolute Gasteiger partial charge is 3.00 e. The van der Waals surface area contributed by atoms with Crippen LogP contribution < -0.4 is 37.2 Å². The summed E-state index contributed by atoms with van der Waals surface area (Å²) in [6, 6.07) is 12.2. The smallest absolute Gasteiger partial charge is 1.00 e. The molecule has 0 bridgehead atoms. The van der Waals surface area contributed by atoms with Gasteiger partial charge in [-0.1, -0.05) is 47.0 Å². The third-order valence-corrected chi connectivity index (χ3v) is 4.97. The first-order valence-corrected chi connectivity index (χ1v) is 10.0. The van der Waals surface area contributed by atoms with E-state index in [1.165, 1.54) is 11.1 Å². The van der Waals surface area contributed by atoms with Crippen molar-refractivity contribution < 1.29 is 78.1 Å². The Balaban J connectivity index is 0. The van der Waals surface area contributed by atoms with Crippen LogP contribution in [0, 0.1) is 82.4 Å². The van der Waals surface area contributed by atoms with E-state index in [-0.39, 0.29) is 78.1 Å². The second kappa shape index (κ2) is 15.4. The van der Waals surface area contributed by atoms with Gasteiger partial charge in [0.05, 0.1) is 35.2 Å². The molecule has 0 amide bonds. The van der Waals surface area contributed by atoms with Crippen LogP contribution in [0.5, 0.6) is 0 Å². The predicted molar refractivity (Wildman–Crippen MR) is 125 cm³/mol. The normalized spacial score (nSPS) is 10.3. The number of halogens is 4. The molecule has 1 aromatic heterocycles. The number of nitrogens with zero attached hydrogens (tertiary/aromatic N) is 3. The molecule has 2 aromatic carbocycles. The number of hydrogen-bond acceptors (Lipinski definition) is 3. The van der Waals surface area contributed by atoms with Gasteiger partial charge in [0.2, 0.25) is 0 Å². The van der Waals surface area contributed by atoms with Crippen LogP contribution >= 0.6 is 11.6 Å². The third kappa shape index (κ3) is 9.54. The number of aryl methyl sites for hydroxylation is 6. The molecule has 3 aromatic rings. The topological polar surface area (TPSA) is 37.6 Å². The second-order valence-corrected chi connectivity index (χ2v) is 8.08. The Bertz CT molecular complexity index is 1010. The summed E-state index contributed by atoms with van der Waals surface area (Å²) in [5.41, 5.74) is 10.4. The van der Waals surface area contributed by atoms with E-state index in [9.17, 15) is 0 Å². The van der Waals surface area contributed by atoms with Gasteiger partial charge in [0.25, 0.3) is 0 Å². The van der Waals surface area contributed by atoms with Crippen molar-refractivity contribution in [3.63, 3.8) is 0 Å². The Kier molecular flexibility index (Phi) is 16.2. The Labute approximate surface area is 253 Å². The van der Waals surface area contributed by atoms with E-state index in [4.69, 9.17) is 11.6 Å². The molecule has 0 aliphatic rings. The van der Waals surface area contributed by atoms with E-state index in [1.807, 2.05) is 12.1 Å². The van der Waals surface area contributed by atoms with Crippen molar-refractivity contribution in [2.24, 2.45) is 9.98 Å². The average molecular weight is 655 g/mol. The van der Waals surface area contributed by atoms with E-state index in [0.717, 1.165) is 33.6 Å². The van der Waals surface area contributed by atoms with Crippen molar-refractivity contribution in [1.29, 1.82) is 0 Å². The maximum atomic E-state index is 6.32. The molecule has 1 radical (unpaired) electrons. The molecule has 0 saturated carbocycles. The van der Waals surface area contributed by atoms with Crippen LogP contribution in [0.25, 0.3) is 0 Å². The molecule has 33 heavy (non-hydrogen) atoms. The SMILES string of the molecule is Cc1cc(C)c(N=Cc2cc(Cl)cc(C=Nc3c(C)cc(C)cc3C)n2)c(C)c1.[Cl-].[Cl-].[Cl-].[Nd+3]. The Morgan fingerprint density at radius 3 is 1.21 bits per heavy atom. The van der Waals surface area contributed by atoms with Crippen LogP contribution in [0.2, 0.25) is 5.02 Å². The first-order valence-electron chi connectivity index (χ1n) is 9.64. The molecule has 0 saturated heterocycles. The zero-order chi connectivity index (χ0) is 21.1. The number of rotatable bonds is 4. The molecule has 0 aliphatic heterocycles. The van der Waals surface area contributed by atoms with E-state index in [2.05, 4.69) is 80.8 Å². The summed E-state index contributed by atoms with van der Waals surface area (Å²) in [6.45, 7) is 12.5. The summed E-state index contributed by atoms with van der Waals surface area (Å²) in [4.78, 5) is 14.0. The van der Waals surface area contributed by atoms with Gasteiger partial charge in [0.1, 0.15) is 0 Å². The van der Waals surface area contributed by atoms with Crippen LogP contribution in [-0.2, 0) is 0 Å². The number of aromatic nitrogens is 1. The monoisotopic (exact) mass is 650 g/mol. The van der Waals surface area contributed by atoms with Gasteiger partial charge >= 0.3 is 40.8 Å². The number of aliphatic imine (C=N–C) groups is 2. The fourth-order valence-corrected chi connectivity index (χ4v) is 3.91. The molecule has 1 heterocycles. The number of hydrogen-bond donors (Lipinski definition) is 0. The predicted octanol–water partition coefficient (Wildman–Crippen LogP) is -1.90. The average Bonchev–Trinajstić information content (AvgIpc) is 2.59. The van der Waals surface area contributed by atoms with Crippen LogP contribution in [0.15, 0.2) is 46.4 Å². The Morgan fingerprint density at radius 2 is 0.909 bits per heavy atom. The van der Waals surface area contributed by atoms with Gasteiger partial charge in [-0.3, -0.25) is 9.98 Å². The van der Waals surface area contributed by atoms with Crippen LogP contribution in [0.4, 0.5) is 11.4 Å². The van der Waals surface area contributed by atoms with Gasteiger partial charge in [0.15, 0.2) is 0 Å². The zero-order valence-electron chi connectivity index (χ0n) is 19.5. The van der Waals surface area contributed by atoms with Crippen LogP contribution in [0.3, 0.4) is 0 Å². The van der Waals surface area contributed by atoms with Crippen molar-refractivity contribution >= 4 is 35.4 Å².